The van der Waals surface area contributed by atoms with Gasteiger partial charge in [-0.05, 0) is 31.4 Å². The van der Waals surface area contributed by atoms with Gasteiger partial charge in [-0.2, -0.15) is 0 Å². The highest BCUT2D eigenvalue weighted by atomic mass is 35.5. The van der Waals surface area contributed by atoms with Crippen LogP contribution in [-0.2, 0) is 4.79 Å². The van der Waals surface area contributed by atoms with Crippen molar-refractivity contribution in [2.24, 2.45) is 5.92 Å². The molecule has 1 heterocycles. The average Bonchev–Trinajstić information content (AvgIpc) is 2.55. The Kier molecular flexibility index (Phi) is 7.91. The lowest BCUT2D eigenvalue weighted by Crippen LogP contribution is -2.49. The van der Waals surface area contributed by atoms with Crippen molar-refractivity contribution >= 4 is 18.3 Å². The molecule has 1 N–H and O–H groups in total. The molecule has 1 saturated heterocycles. The summed E-state index contributed by atoms with van der Waals surface area (Å²) in [5.41, 5.74) is 1.16. The summed E-state index contributed by atoms with van der Waals surface area (Å²) in [7, 11) is 1.99. The SMILES string of the molecule is CCC(C)C(C(=O)N1CCCC(NC)C1)c1ccccc1.Cl. The van der Waals surface area contributed by atoms with E-state index in [0.717, 1.165) is 31.5 Å². The van der Waals surface area contributed by atoms with Crippen LogP contribution in [0.1, 0.15) is 44.6 Å². The van der Waals surface area contributed by atoms with E-state index >= 15 is 0 Å². The molecule has 2 rings (SSSR count). The number of rotatable bonds is 5. The zero-order chi connectivity index (χ0) is 15.2. The summed E-state index contributed by atoms with van der Waals surface area (Å²) in [5, 5.41) is 3.32. The summed E-state index contributed by atoms with van der Waals surface area (Å²) in [6.45, 7) is 6.10. The van der Waals surface area contributed by atoms with E-state index in [9.17, 15) is 4.79 Å². The Morgan fingerprint density at radius 3 is 2.64 bits per heavy atom. The number of nitrogens with one attached hydrogen (secondary N) is 1. The molecule has 0 radical (unpaired) electrons. The molecule has 1 fully saturated rings. The lowest BCUT2D eigenvalue weighted by Gasteiger charge is -2.36. The number of likely N-dealkylation sites (N-methyl/N-ethyl adjacent to an activating group) is 1. The van der Waals surface area contributed by atoms with Crippen molar-refractivity contribution in [3.8, 4) is 0 Å². The molecular formula is C18H29ClN2O. The Morgan fingerprint density at radius 2 is 2.05 bits per heavy atom. The van der Waals surface area contributed by atoms with Gasteiger partial charge in [0, 0.05) is 19.1 Å². The van der Waals surface area contributed by atoms with Crippen LogP contribution in [-0.4, -0.2) is 37.0 Å². The summed E-state index contributed by atoms with van der Waals surface area (Å²) in [4.78, 5) is 15.1. The monoisotopic (exact) mass is 324 g/mol. The van der Waals surface area contributed by atoms with E-state index in [2.05, 4.69) is 36.2 Å². The van der Waals surface area contributed by atoms with Crippen LogP contribution in [0.25, 0.3) is 0 Å². The Balaban J connectivity index is 0.00000242. The van der Waals surface area contributed by atoms with Crippen LogP contribution in [0.5, 0.6) is 0 Å². The van der Waals surface area contributed by atoms with Crippen LogP contribution >= 0.6 is 12.4 Å². The van der Waals surface area contributed by atoms with E-state index < -0.39 is 0 Å². The molecule has 3 atom stereocenters. The van der Waals surface area contributed by atoms with Crippen molar-refractivity contribution in [1.29, 1.82) is 0 Å². The molecule has 0 saturated carbocycles. The lowest BCUT2D eigenvalue weighted by atomic mass is 9.84. The van der Waals surface area contributed by atoms with Crippen molar-refractivity contribution in [3.05, 3.63) is 35.9 Å². The molecule has 0 aliphatic carbocycles. The Labute approximate surface area is 140 Å². The van der Waals surface area contributed by atoms with Gasteiger partial charge in [-0.25, -0.2) is 0 Å². The number of carbonyl (C=O) groups is 1. The zero-order valence-corrected chi connectivity index (χ0v) is 14.7. The summed E-state index contributed by atoms with van der Waals surface area (Å²) >= 11 is 0. The van der Waals surface area contributed by atoms with Gasteiger partial charge in [0.1, 0.15) is 0 Å². The molecule has 1 aromatic carbocycles. The normalized spacial score (nSPS) is 20.9. The van der Waals surface area contributed by atoms with Gasteiger partial charge in [-0.3, -0.25) is 4.79 Å². The predicted molar refractivity (Wildman–Crippen MR) is 94.5 cm³/mol. The average molecular weight is 325 g/mol. The third kappa shape index (κ3) is 4.47. The maximum absolute atomic E-state index is 13.1. The van der Waals surface area contributed by atoms with Crippen LogP contribution in [0.4, 0.5) is 0 Å². The van der Waals surface area contributed by atoms with E-state index in [0.29, 0.717) is 17.9 Å². The molecule has 124 valence electrons. The number of halogens is 1. The fourth-order valence-corrected chi connectivity index (χ4v) is 3.22. The minimum atomic E-state index is -0.00759. The number of carbonyl (C=O) groups excluding carboxylic acids is 1. The predicted octanol–water partition coefficient (Wildman–Crippen LogP) is 3.45. The Morgan fingerprint density at radius 1 is 1.36 bits per heavy atom. The highest BCUT2D eigenvalue weighted by Crippen LogP contribution is 2.30. The van der Waals surface area contributed by atoms with Crippen molar-refractivity contribution in [1.82, 2.24) is 10.2 Å². The molecule has 0 bridgehead atoms. The third-order valence-corrected chi connectivity index (χ3v) is 4.78. The molecule has 1 aliphatic heterocycles. The smallest absolute Gasteiger partial charge is 0.230 e. The van der Waals surface area contributed by atoms with E-state index in [1.54, 1.807) is 0 Å². The van der Waals surface area contributed by atoms with Crippen molar-refractivity contribution in [2.75, 3.05) is 20.1 Å². The number of likely N-dealkylation sites (tertiary alicyclic amines) is 1. The number of benzene rings is 1. The number of piperidine rings is 1. The number of hydrogen-bond donors (Lipinski definition) is 1. The second-order valence-electron chi connectivity index (χ2n) is 6.19. The first-order chi connectivity index (χ1) is 10.2. The van der Waals surface area contributed by atoms with Gasteiger partial charge in [-0.1, -0.05) is 50.6 Å². The summed E-state index contributed by atoms with van der Waals surface area (Å²) in [6, 6.07) is 10.7. The maximum Gasteiger partial charge on any atom is 0.230 e. The van der Waals surface area contributed by atoms with Gasteiger partial charge < -0.3 is 10.2 Å². The van der Waals surface area contributed by atoms with Crippen LogP contribution in [0, 0.1) is 5.92 Å². The quantitative estimate of drug-likeness (QED) is 0.899. The molecular weight excluding hydrogens is 296 g/mol. The third-order valence-electron chi connectivity index (χ3n) is 4.78. The fraction of sp³-hybridized carbons (Fsp3) is 0.611. The molecule has 1 aliphatic rings. The van der Waals surface area contributed by atoms with Crippen LogP contribution in [0.15, 0.2) is 30.3 Å². The molecule has 1 aromatic rings. The van der Waals surface area contributed by atoms with Crippen LogP contribution < -0.4 is 5.32 Å². The largest absolute Gasteiger partial charge is 0.341 e. The molecule has 3 unspecified atom stereocenters. The maximum atomic E-state index is 13.1. The van der Waals surface area contributed by atoms with Gasteiger partial charge in [0.05, 0.1) is 5.92 Å². The highest BCUT2D eigenvalue weighted by Gasteiger charge is 2.32. The van der Waals surface area contributed by atoms with E-state index in [4.69, 9.17) is 0 Å². The first kappa shape index (κ1) is 19.0. The Bertz CT molecular complexity index is 452. The highest BCUT2D eigenvalue weighted by molar-refractivity contribution is 5.85. The van der Waals surface area contributed by atoms with Crippen molar-refractivity contribution < 1.29 is 4.79 Å². The van der Waals surface area contributed by atoms with Crippen LogP contribution in [0.2, 0.25) is 0 Å². The molecule has 1 amide bonds. The molecule has 3 nitrogen and oxygen atoms in total. The topological polar surface area (TPSA) is 32.3 Å². The Hall–Kier alpha value is -1.06. The minimum Gasteiger partial charge on any atom is -0.341 e. The van der Waals surface area contributed by atoms with Gasteiger partial charge in [0.2, 0.25) is 5.91 Å². The van der Waals surface area contributed by atoms with Gasteiger partial charge in [0.25, 0.3) is 0 Å². The number of nitrogens with zero attached hydrogens (tertiary/aromatic N) is 1. The number of hydrogen-bond acceptors (Lipinski definition) is 2. The molecule has 0 aromatic heterocycles. The summed E-state index contributed by atoms with van der Waals surface area (Å²) in [6.07, 6.45) is 3.29. The van der Waals surface area contributed by atoms with Crippen LogP contribution in [0.3, 0.4) is 0 Å². The van der Waals surface area contributed by atoms with Gasteiger partial charge >= 0.3 is 0 Å². The lowest BCUT2D eigenvalue weighted by molar-refractivity contribution is -0.135. The molecule has 0 spiro atoms. The second-order valence-corrected chi connectivity index (χ2v) is 6.19. The summed E-state index contributed by atoms with van der Waals surface area (Å²) < 4.78 is 0. The zero-order valence-electron chi connectivity index (χ0n) is 13.9. The van der Waals surface area contributed by atoms with Gasteiger partial charge in [-0.15, -0.1) is 12.4 Å². The molecule has 22 heavy (non-hydrogen) atoms. The number of amides is 1. The fourth-order valence-electron chi connectivity index (χ4n) is 3.22. The summed E-state index contributed by atoms with van der Waals surface area (Å²) in [5.74, 6) is 0.664. The van der Waals surface area contributed by atoms with E-state index in [1.807, 2.05) is 25.2 Å². The van der Waals surface area contributed by atoms with Gasteiger partial charge in [0.15, 0.2) is 0 Å². The van der Waals surface area contributed by atoms with E-state index in [-0.39, 0.29) is 18.3 Å². The van der Waals surface area contributed by atoms with Crippen molar-refractivity contribution in [2.45, 2.75) is 45.1 Å². The first-order valence-electron chi connectivity index (χ1n) is 8.18. The minimum absolute atomic E-state index is 0. The standard InChI is InChI=1S/C18H28N2O.ClH/c1-4-14(2)17(15-9-6-5-7-10-15)18(21)20-12-8-11-16(13-20)19-3;/h5-7,9-10,14,16-17,19H,4,8,11-13H2,1-3H3;1H. The molecule has 4 heteroatoms. The van der Waals surface area contributed by atoms with E-state index in [1.165, 1.54) is 6.42 Å². The van der Waals surface area contributed by atoms with Crippen molar-refractivity contribution in [3.63, 3.8) is 0 Å². The first-order valence-corrected chi connectivity index (χ1v) is 8.18. The second kappa shape index (κ2) is 9.16.